The first-order chi connectivity index (χ1) is 10.7. The Kier molecular flexibility index (Phi) is 4.51. The number of benzene rings is 2. The van der Waals surface area contributed by atoms with E-state index in [1.165, 1.54) is 49.4 Å². The summed E-state index contributed by atoms with van der Waals surface area (Å²) in [5.41, 5.74) is 0.833. The highest BCUT2D eigenvalue weighted by molar-refractivity contribution is 7.92. The zero-order valence-electron chi connectivity index (χ0n) is 12.5. The fourth-order valence-corrected chi connectivity index (χ4v) is 3.11. The highest BCUT2D eigenvalue weighted by Gasteiger charge is 2.17. The van der Waals surface area contributed by atoms with Crippen LogP contribution in [0.4, 0.5) is 5.69 Å². The van der Waals surface area contributed by atoms with E-state index in [0.29, 0.717) is 5.56 Å². The molecule has 0 bridgehead atoms. The van der Waals surface area contributed by atoms with Crippen molar-refractivity contribution in [1.29, 1.82) is 0 Å². The average molecular weight is 332 g/mol. The number of sulfonamides is 1. The summed E-state index contributed by atoms with van der Waals surface area (Å²) in [4.78, 5) is 22.2. The molecule has 0 amide bonds. The van der Waals surface area contributed by atoms with Crippen molar-refractivity contribution in [3.8, 4) is 0 Å². The van der Waals surface area contributed by atoms with Crippen molar-refractivity contribution < 1.29 is 23.1 Å². The minimum atomic E-state index is -3.95. The van der Waals surface area contributed by atoms with Crippen LogP contribution < -0.4 is 9.83 Å². The Hall–Kier alpha value is -2.67. The van der Waals surface area contributed by atoms with Gasteiger partial charge in [-0.3, -0.25) is 9.52 Å². The Morgan fingerprint density at radius 1 is 1.04 bits per heavy atom. The normalized spacial score (nSPS) is 11.0. The van der Waals surface area contributed by atoms with Gasteiger partial charge in [0.15, 0.2) is 5.78 Å². The van der Waals surface area contributed by atoms with Gasteiger partial charge in [-0.25, -0.2) is 8.42 Å². The van der Waals surface area contributed by atoms with Crippen LogP contribution in [0.3, 0.4) is 0 Å². The minimum absolute atomic E-state index is 0.0801. The largest absolute Gasteiger partial charge is 0.545 e. The van der Waals surface area contributed by atoms with Gasteiger partial charge < -0.3 is 9.90 Å². The molecule has 0 saturated carbocycles. The SMILES string of the molecule is CC(=O)c1cccc(S(=O)(=O)Nc2cc(C(=O)[O-])ccc2C)c1. The zero-order valence-corrected chi connectivity index (χ0v) is 13.3. The first-order valence-corrected chi connectivity index (χ1v) is 8.15. The van der Waals surface area contributed by atoms with Crippen molar-refractivity contribution >= 4 is 27.5 Å². The van der Waals surface area contributed by atoms with Gasteiger partial charge >= 0.3 is 0 Å². The van der Waals surface area contributed by atoms with Crippen molar-refractivity contribution in [2.45, 2.75) is 18.7 Å². The predicted molar refractivity (Wildman–Crippen MR) is 82.8 cm³/mol. The molecule has 0 unspecified atom stereocenters. The lowest BCUT2D eigenvalue weighted by Gasteiger charge is -2.13. The summed E-state index contributed by atoms with van der Waals surface area (Å²) < 4.78 is 27.2. The molecule has 0 fully saturated rings. The minimum Gasteiger partial charge on any atom is -0.545 e. The van der Waals surface area contributed by atoms with Gasteiger partial charge in [-0.15, -0.1) is 0 Å². The number of carbonyl (C=O) groups excluding carboxylic acids is 2. The molecule has 0 aliphatic rings. The third-order valence-corrected chi connectivity index (χ3v) is 4.63. The van der Waals surface area contributed by atoms with Crippen molar-refractivity contribution in [3.05, 3.63) is 59.2 Å². The number of aryl methyl sites for hydroxylation is 1. The van der Waals surface area contributed by atoms with Gasteiger partial charge in [0.1, 0.15) is 0 Å². The van der Waals surface area contributed by atoms with Crippen molar-refractivity contribution in [2.75, 3.05) is 4.72 Å². The van der Waals surface area contributed by atoms with Gasteiger partial charge in [-0.1, -0.05) is 24.3 Å². The monoisotopic (exact) mass is 332 g/mol. The molecule has 7 heteroatoms. The van der Waals surface area contributed by atoms with E-state index >= 15 is 0 Å². The summed E-state index contributed by atoms with van der Waals surface area (Å²) in [6.45, 7) is 2.98. The molecular weight excluding hydrogens is 318 g/mol. The van der Waals surface area contributed by atoms with Crippen molar-refractivity contribution in [2.24, 2.45) is 0 Å². The summed E-state index contributed by atoms with van der Waals surface area (Å²) in [7, 11) is -3.95. The number of carbonyl (C=O) groups is 2. The zero-order chi connectivity index (χ0) is 17.2. The number of Topliss-reactive ketones (excluding diaryl/α,β-unsaturated/α-hetero) is 1. The molecule has 0 aromatic heterocycles. The summed E-state index contributed by atoms with van der Waals surface area (Å²) >= 11 is 0. The quantitative estimate of drug-likeness (QED) is 0.833. The molecule has 120 valence electrons. The smallest absolute Gasteiger partial charge is 0.261 e. The average Bonchev–Trinajstić information content (AvgIpc) is 2.49. The highest BCUT2D eigenvalue weighted by atomic mass is 32.2. The highest BCUT2D eigenvalue weighted by Crippen LogP contribution is 2.21. The number of rotatable bonds is 5. The third kappa shape index (κ3) is 3.75. The maximum absolute atomic E-state index is 12.4. The van der Waals surface area contributed by atoms with Crippen LogP contribution in [0.5, 0.6) is 0 Å². The van der Waals surface area contributed by atoms with E-state index in [4.69, 9.17) is 0 Å². The number of anilines is 1. The van der Waals surface area contributed by atoms with Gasteiger partial charge in [0, 0.05) is 5.56 Å². The molecule has 0 saturated heterocycles. The topological polar surface area (TPSA) is 103 Å². The molecule has 0 atom stereocenters. The molecule has 2 rings (SSSR count). The standard InChI is InChI=1S/C16H15NO5S/c1-10-6-7-13(16(19)20)9-15(10)17-23(21,22)14-5-3-4-12(8-14)11(2)18/h3-9,17H,1-2H3,(H,19,20)/p-1. The molecule has 1 N–H and O–H groups in total. The number of ketones is 1. The van der Waals surface area contributed by atoms with Crippen LogP contribution in [0.25, 0.3) is 0 Å². The van der Waals surface area contributed by atoms with Gasteiger partial charge in [0.2, 0.25) is 0 Å². The second kappa shape index (κ2) is 6.21. The maximum Gasteiger partial charge on any atom is 0.261 e. The van der Waals surface area contributed by atoms with Crippen LogP contribution >= 0.6 is 0 Å². The van der Waals surface area contributed by atoms with Crippen LogP contribution in [0, 0.1) is 6.92 Å². The molecule has 2 aromatic rings. The summed E-state index contributed by atoms with van der Waals surface area (Å²) in [6, 6.07) is 9.61. The molecule has 23 heavy (non-hydrogen) atoms. The fraction of sp³-hybridized carbons (Fsp3) is 0.125. The van der Waals surface area contributed by atoms with E-state index in [9.17, 15) is 23.1 Å². The molecule has 0 aliphatic carbocycles. The Balaban J connectivity index is 2.42. The number of nitrogens with one attached hydrogen (secondary N) is 1. The summed E-state index contributed by atoms with van der Waals surface area (Å²) in [6.07, 6.45) is 0. The first kappa shape index (κ1) is 16.7. The molecule has 6 nitrogen and oxygen atoms in total. The third-order valence-electron chi connectivity index (χ3n) is 3.27. The number of hydrogen-bond donors (Lipinski definition) is 1. The number of carboxylic acid groups (broad SMARTS) is 1. The maximum atomic E-state index is 12.4. The Morgan fingerprint density at radius 2 is 1.74 bits per heavy atom. The number of hydrogen-bond acceptors (Lipinski definition) is 5. The van der Waals surface area contributed by atoms with E-state index in [1.807, 2.05) is 0 Å². The van der Waals surface area contributed by atoms with E-state index < -0.39 is 16.0 Å². The number of carboxylic acids is 1. The molecule has 0 spiro atoms. The van der Waals surface area contributed by atoms with Crippen molar-refractivity contribution in [1.82, 2.24) is 0 Å². The van der Waals surface area contributed by atoms with E-state index in [2.05, 4.69) is 4.72 Å². The molecule has 0 aliphatic heterocycles. The Morgan fingerprint density at radius 3 is 2.35 bits per heavy atom. The lowest BCUT2D eigenvalue weighted by Crippen LogP contribution is -2.22. The lowest BCUT2D eigenvalue weighted by molar-refractivity contribution is -0.255. The number of aromatic carboxylic acids is 1. The second-order valence-electron chi connectivity index (χ2n) is 5.01. The predicted octanol–water partition coefficient (Wildman–Crippen LogP) is 1.36. The van der Waals surface area contributed by atoms with E-state index in [1.54, 1.807) is 6.92 Å². The summed E-state index contributed by atoms with van der Waals surface area (Å²) in [5.74, 6) is -1.65. The van der Waals surface area contributed by atoms with Crippen LogP contribution in [0.2, 0.25) is 0 Å². The lowest BCUT2D eigenvalue weighted by atomic mass is 10.1. The van der Waals surface area contributed by atoms with Crippen molar-refractivity contribution in [3.63, 3.8) is 0 Å². The molecule has 0 heterocycles. The Bertz CT molecular complexity index is 887. The molecule has 0 radical (unpaired) electrons. The van der Waals surface area contributed by atoms with Crippen LogP contribution in [0.15, 0.2) is 47.4 Å². The summed E-state index contributed by atoms with van der Waals surface area (Å²) in [5, 5.41) is 10.9. The second-order valence-corrected chi connectivity index (χ2v) is 6.69. The van der Waals surface area contributed by atoms with Crippen LogP contribution in [-0.4, -0.2) is 20.2 Å². The van der Waals surface area contributed by atoms with Gasteiger partial charge in [0.05, 0.1) is 16.6 Å². The Labute approximate surface area is 133 Å². The van der Waals surface area contributed by atoms with Gasteiger partial charge in [-0.05, 0) is 43.2 Å². The van der Waals surface area contributed by atoms with E-state index in [0.717, 1.165) is 0 Å². The first-order valence-electron chi connectivity index (χ1n) is 6.66. The molecule has 2 aromatic carbocycles. The fourth-order valence-electron chi connectivity index (χ4n) is 1.94. The van der Waals surface area contributed by atoms with Crippen LogP contribution in [-0.2, 0) is 10.0 Å². The van der Waals surface area contributed by atoms with Gasteiger partial charge in [0.25, 0.3) is 10.0 Å². The molecular formula is C16H14NO5S-. The van der Waals surface area contributed by atoms with E-state index in [-0.39, 0.29) is 27.5 Å². The van der Waals surface area contributed by atoms with Gasteiger partial charge in [-0.2, -0.15) is 0 Å². The van der Waals surface area contributed by atoms with Crippen LogP contribution in [0.1, 0.15) is 33.2 Å².